The molecule has 0 unspecified atom stereocenters. The number of piperidine rings is 1. The molecule has 2 rings (SSSR count). The topological polar surface area (TPSA) is 56.5 Å². The number of nitrogens with one attached hydrogen (secondary N) is 1. The lowest BCUT2D eigenvalue weighted by atomic mass is 9.86. The van der Waals surface area contributed by atoms with Crippen LogP contribution >= 0.6 is 0 Å². The minimum atomic E-state index is 0.0761. The second kappa shape index (κ2) is 6.78. The van der Waals surface area contributed by atoms with Crippen molar-refractivity contribution in [1.29, 1.82) is 0 Å². The number of ether oxygens (including phenoxy) is 2. The largest absolute Gasteiger partial charge is 0.493 e. The van der Waals surface area contributed by atoms with Gasteiger partial charge in [-0.15, -0.1) is 0 Å². The van der Waals surface area contributed by atoms with E-state index in [4.69, 9.17) is 15.2 Å². The molecule has 106 valence electrons. The minimum Gasteiger partial charge on any atom is -0.493 e. The van der Waals surface area contributed by atoms with E-state index in [0.717, 1.165) is 43.0 Å². The highest BCUT2D eigenvalue weighted by Crippen LogP contribution is 2.33. The summed E-state index contributed by atoms with van der Waals surface area (Å²) in [6.45, 7) is 4.72. The van der Waals surface area contributed by atoms with Crippen molar-refractivity contribution in [3.8, 4) is 11.5 Å². The number of hydrogen-bond donors (Lipinski definition) is 2. The van der Waals surface area contributed by atoms with E-state index in [1.807, 2.05) is 25.1 Å². The maximum Gasteiger partial charge on any atom is 0.161 e. The molecule has 4 heteroatoms. The molecule has 0 bridgehead atoms. The van der Waals surface area contributed by atoms with Crippen molar-refractivity contribution < 1.29 is 9.47 Å². The molecule has 19 heavy (non-hydrogen) atoms. The van der Waals surface area contributed by atoms with Gasteiger partial charge in [-0.3, -0.25) is 0 Å². The van der Waals surface area contributed by atoms with Crippen molar-refractivity contribution in [1.82, 2.24) is 5.32 Å². The number of methoxy groups -OCH3 is 1. The highest BCUT2D eigenvalue weighted by molar-refractivity contribution is 5.44. The number of hydrogen-bond acceptors (Lipinski definition) is 4. The van der Waals surface area contributed by atoms with Gasteiger partial charge in [-0.2, -0.15) is 0 Å². The fraction of sp³-hybridized carbons (Fsp3) is 0.600. The molecule has 1 fully saturated rings. The van der Waals surface area contributed by atoms with Gasteiger partial charge in [-0.05, 0) is 56.5 Å². The average molecular weight is 264 g/mol. The van der Waals surface area contributed by atoms with Gasteiger partial charge in [0.15, 0.2) is 11.5 Å². The Morgan fingerprint density at radius 2 is 2.05 bits per heavy atom. The third-order valence-corrected chi connectivity index (χ3v) is 3.76. The Morgan fingerprint density at radius 1 is 1.32 bits per heavy atom. The quantitative estimate of drug-likeness (QED) is 0.855. The first-order valence-electron chi connectivity index (χ1n) is 7.03. The highest BCUT2D eigenvalue weighted by Gasteiger charge is 2.22. The summed E-state index contributed by atoms with van der Waals surface area (Å²) in [5, 5.41) is 3.37. The van der Waals surface area contributed by atoms with Crippen molar-refractivity contribution in [2.24, 2.45) is 11.7 Å². The predicted molar refractivity (Wildman–Crippen MR) is 76.7 cm³/mol. The summed E-state index contributed by atoms with van der Waals surface area (Å²) in [6, 6.07) is 6.09. The predicted octanol–water partition coefficient (Wildman–Crippen LogP) is 2.09. The first-order chi connectivity index (χ1) is 9.26. The summed E-state index contributed by atoms with van der Waals surface area (Å²) in [6.07, 6.45) is 2.27. The summed E-state index contributed by atoms with van der Waals surface area (Å²) >= 11 is 0. The zero-order valence-electron chi connectivity index (χ0n) is 11.8. The van der Waals surface area contributed by atoms with E-state index < -0.39 is 0 Å². The zero-order valence-corrected chi connectivity index (χ0v) is 11.8. The third kappa shape index (κ3) is 3.39. The smallest absolute Gasteiger partial charge is 0.161 e. The van der Waals surface area contributed by atoms with Gasteiger partial charge in [0.1, 0.15) is 0 Å². The van der Waals surface area contributed by atoms with Crippen molar-refractivity contribution in [2.45, 2.75) is 25.8 Å². The van der Waals surface area contributed by atoms with Crippen LogP contribution in [0, 0.1) is 5.92 Å². The number of benzene rings is 1. The Kier molecular flexibility index (Phi) is 5.05. The standard InChI is InChI=1S/C15H24N2O2/c1-3-19-14-10-12(4-5-13(14)18-2)15(16)11-6-8-17-9-7-11/h4-5,10-11,15,17H,3,6-9,16H2,1-2H3/t15-/m1/s1. The van der Waals surface area contributed by atoms with E-state index in [2.05, 4.69) is 5.32 Å². The molecule has 1 heterocycles. The Bertz CT molecular complexity index is 403. The van der Waals surface area contributed by atoms with Crippen LogP contribution in [-0.2, 0) is 0 Å². The summed E-state index contributed by atoms with van der Waals surface area (Å²) in [7, 11) is 1.66. The fourth-order valence-corrected chi connectivity index (χ4v) is 2.64. The maximum absolute atomic E-state index is 6.40. The van der Waals surface area contributed by atoms with Crippen LogP contribution in [0.2, 0.25) is 0 Å². The molecular weight excluding hydrogens is 240 g/mol. The van der Waals surface area contributed by atoms with Crippen LogP contribution in [0.5, 0.6) is 11.5 Å². The monoisotopic (exact) mass is 264 g/mol. The van der Waals surface area contributed by atoms with Gasteiger partial charge in [0.05, 0.1) is 13.7 Å². The maximum atomic E-state index is 6.40. The molecular formula is C15H24N2O2. The molecule has 0 aliphatic carbocycles. The molecule has 1 aromatic carbocycles. The minimum absolute atomic E-state index is 0.0761. The van der Waals surface area contributed by atoms with Crippen LogP contribution in [0.25, 0.3) is 0 Å². The third-order valence-electron chi connectivity index (χ3n) is 3.76. The van der Waals surface area contributed by atoms with E-state index in [-0.39, 0.29) is 6.04 Å². The molecule has 3 N–H and O–H groups in total. The lowest BCUT2D eigenvalue weighted by Gasteiger charge is -2.28. The summed E-state index contributed by atoms with van der Waals surface area (Å²) < 4.78 is 10.9. The first kappa shape index (κ1) is 14.2. The summed E-state index contributed by atoms with van der Waals surface area (Å²) in [4.78, 5) is 0. The Balaban J connectivity index is 2.16. The summed E-state index contributed by atoms with van der Waals surface area (Å²) in [5.41, 5.74) is 7.54. The van der Waals surface area contributed by atoms with E-state index in [1.165, 1.54) is 0 Å². The van der Waals surface area contributed by atoms with Crippen LogP contribution in [0.3, 0.4) is 0 Å². The second-order valence-corrected chi connectivity index (χ2v) is 4.96. The normalized spacial score (nSPS) is 18.1. The van der Waals surface area contributed by atoms with E-state index in [0.29, 0.717) is 12.5 Å². The fourth-order valence-electron chi connectivity index (χ4n) is 2.64. The SMILES string of the molecule is CCOc1cc([C@H](N)C2CCNCC2)ccc1OC. The molecule has 0 aromatic heterocycles. The average Bonchev–Trinajstić information content (AvgIpc) is 2.47. The Hall–Kier alpha value is -1.26. The second-order valence-electron chi connectivity index (χ2n) is 4.96. The van der Waals surface area contributed by atoms with Crippen molar-refractivity contribution in [2.75, 3.05) is 26.8 Å². The van der Waals surface area contributed by atoms with Crippen molar-refractivity contribution >= 4 is 0 Å². The highest BCUT2D eigenvalue weighted by atomic mass is 16.5. The van der Waals surface area contributed by atoms with Crippen LogP contribution in [0.1, 0.15) is 31.4 Å². The molecule has 0 saturated carbocycles. The Morgan fingerprint density at radius 3 is 2.68 bits per heavy atom. The van der Waals surface area contributed by atoms with Gasteiger partial charge in [-0.25, -0.2) is 0 Å². The van der Waals surface area contributed by atoms with Gasteiger partial charge >= 0.3 is 0 Å². The van der Waals surface area contributed by atoms with E-state index >= 15 is 0 Å². The lowest BCUT2D eigenvalue weighted by molar-refractivity contribution is 0.305. The van der Waals surface area contributed by atoms with Crippen LogP contribution in [0.15, 0.2) is 18.2 Å². The van der Waals surface area contributed by atoms with Gasteiger partial charge < -0.3 is 20.5 Å². The molecule has 1 aromatic rings. The van der Waals surface area contributed by atoms with Crippen LogP contribution < -0.4 is 20.5 Å². The molecule has 1 aliphatic heterocycles. The molecule has 0 amide bonds. The van der Waals surface area contributed by atoms with Crippen molar-refractivity contribution in [3.05, 3.63) is 23.8 Å². The molecule has 1 saturated heterocycles. The zero-order chi connectivity index (χ0) is 13.7. The molecule has 4 nitrogen and oxygen atoms in total. The molecule has 0 spiro atoms. The van der Waals surface area contributed by atoms with Crippen molar-refractivity contribution in [3.63, 3.8) is 0 Å². The number of nitrogens with two attached hydrogens (primary N) is 1. The summed E-state index contributed by atoms with van der Waals surface area (Å²) in [5.74, 6) is 2.10. The van der Waals surface area contributed by atoms with Gasteiger partial charge in [0, 0.05) is 6.04 Å². The molecule has 1 atom stereocenters. The van der Waals surface area contributed by atoms with Gasteiger partial charge in [0.2, 0.25) is 0 Å². The van der Waals surface area contributed by atoms with Crippen LogP contribution in [-0.4, -0.2) is 26.8 Å². The molecule has 1 aliphatic rings. The number of rotatable bonds is 5. The van der Waals surface area contributed by atoms with Gasteiger partial charge in [0.25, 0.3) is 0 Å². The molecule has 0 radical (unpaired) electrons. The first-order valence-corrected chi connectivity index (χ1v) is 7.03. The Labute approximate surface area is 115 Å². The van der Waals surface area contributed by atoms with E-state index in [9.17, 15) is 0 Å². The van der Waals surface area contributed by atoms with Crippen LogP contribution in [0.4, 0.5) is 0 Å². The lowest BCUT2D eigenvalue weighted by Crippen LogP contribution is -2.33. The van der Waals surface area contributed by atoms with E-state index in [1.54, 1.807) is 7.11 Å². The van der Waals surface area contributed by atoms with Gasteiger partial charge in [-0.1, -0.05) is 6.07 Å².